The molecular weight excluding hydrogens is 242 g/mol. The predicted octanol–water partition coefficient (Wildman–Crippen LogP) is 2.36. The van der Waals surface area contributed by atoms with E-state index in [0.717, 1.165) is 12.1 Å². The van der Waals surface area contributed by atoms with Crippen molar-refractivity contribution in [2.45, 2.75) is 4.90 Å². The van der Waals surface area contributed by atoms with Crippen LogP contribution in [-0.4, -0.2) is 13.5 Å². The van der Waals surface area contributed by atoms with Crippen LogP contribution in [0.25, 0.3) is 0 Å². The van der Waals surface area contributed by atoms with Gasteiger partial charge < -0.3 is 5.11 Å². The van der Waals surface area contributed by atoms with Crippen LogP contribution < -0.4 is 0 Å². The summed E-state index contributed by atoms with van der Waals surface area (Å²) in [5.41, 5.74) is 0. The van der Waals surface area contributed by atoms with E-state index in [-0.39, 0.29) is 5.02 Å². The van der Waals surface area contributed by atoms with Crippen LogP contribution >= 0.6 is 23.2 Å². The van der Waals surface area contributed by atoms with Gasteiger partial charge in [0.2, 0.25) is 0 Å². The lowest BCUT2D eigenvalue weighted by molar-refractivity contribution is 0.473. The number of aromatic hydroxyl groups is 1. The van der Waals surface area contributed by atoms with Crippen molar-refractivity contribution in [1.29, 1.82) is 0 Å². The quantitative estimate of drug-likeness (QED) is 0.772. The third kappa shape index (κ3) is 2.04. The SMILES string of the molecule is O=S(=O)(F)c1ccc(Cl)c(O)c1Cl. The van der Waals surface area contributed by atoms with Crippen molar-refractivity contribution in [1.82, 2.24) is 0 Å². The molecule has 1 N–H and O–H groups in total. The molecule has 0 fully saturated rings. The van der Waals surface area contributed by atoms with Crippen LogP contribution in [0.2, 0.25) is 10.0 Å². The second-order valence-electron chi connectivity index (χ2n) is 2.15. The van der Waals surface area contributed by atoms with Crippen LogP contribution in [0.3, 0.4) is 0 Å². The molecule has 7 heteroatoms. The lowest BCUT2D eigenvalue weighted by Crippen LogP contribution is -1.93. The van der Waals surface area contributed by atoms with Gasteiger partial charge in [-0.3, -0.25) is 0 Å². The zero-order valence-corrected chi connectivity index (χ0v) is 8.29. The average molecular weight is 245 g/mol. The van der Waals surface area contributed by atoms with E-state index < -0.39 is 25.9 Å². The largest absolute Gasteiger partial charge is 0.505 e. The van der Waals surface area contributed by atoms with Crippen molar-refractivity contribution >= 4 is 33.4 Å². The predicted molar refractivity (Wildman–Crippen MR) is 46.4 cm³/mol. The topological polar surface area (TPSA) is 54.4 Å². The van der Waals surface area contributed by atoms with Crippen LogP contribution in [0.1, 0.15) is 0 Å². The maximum Gasteiger partial charge on any atom is 0.333 e. The standard InChI is InChI=1S/C6H3Cl2FO3S/c7-3-1-2-4(13(9,11)12)5(8)6(3)10/h1-2,10H. The molecular formula is C6H3Cl2FO3S. The number of hydrogen-bond donors (Lipinski definition) is 1. The summed E-state index contributed by atoms with van der Waals surface area (Å²) in [6.07, 6.45) is 0. The molecule has 0 saturated heterocycles. The van der Waals surface area contributed by atoms with Crippen LogP contribution in [0, 0.1) is 0 Å². The fourth-order valence-corrected chi connectivity index (χ4v) is 1.90. The second kappa shape index (κ2) is 3.32. The number of hydrogen-bond acceptors (Lipinski definition) is 3. The van der Waals surface area contributed by atoms with Crippen molar-refractivity contribution in [3.8, 4) is 5.75 Å². The minimum absolute atomic E-state index is 0.141. The van der Waals surface area contributed by atoms with Crippen LogP contribution in [0.4, 0.5) is 3.89 Å². The van der Waals surface area contributed by atoms with Gasteiger partial charge in [-0.2, -0.15) is 8.42 Å². The Bertz CT molecular complexity index is 443. The molecule has 13 heavy (non-hydrogen) atoms. The van der Waals surface area contributed by atoms with Gasteiger partial charge in [0.1, 0.15) is 9.92 Å². The highest BCUT2D eigenvalue weighted by Gasteiger charge is 2.20. The highest BCUT2D eigenvalue weighted by atomic mass is 35.5. The number of benzene rings is 1. The Hall–Kier alpha value is -0.520. The smallest absolute Gasteiger partial charge is 0.333 e. The maximum atomic E-state index is 12.4. The Balaban J connectivity index is 3.53. The molecule has 0 aliphatic carbocycles. The first kappa shape index (κ1) is 10.6. The van der Waals surface area contributed by atoms with Gasteiger partial charge in [-0.15, -0.1) is 3.89 Å². The fraction of sp³-hybridized carbons (Fsp3) is 0. The normalized spacial score (nSPS) is 11.6. The molecule has 72 valence electrons. The van der Waals surface area contributed by atoms with Crippen molar-refractivity contribution in [2.75, 3.05) is 0 Å². The van der Waals surface area contributed by atoms with Gasteiger partial charge >= 0.3 is 10.2 Å². The van der Waals surface area contributed by atoms with Gasteiger partial charge in [0.25, 0.3) is 0 Å². The minimum Gasteiger partial charge on any atom is -0.505 e. The van der Waals surface area contributed by atoms with E-state index in [1.54, 1.807) is 0 Å². The summed E-state index contributed by atoms with van der Waals surface area (Å²) >= 11 is 10.7. The van der Waals surface area contributed by atoms with Crippen LogP contribution in [0.5, 0.6) is 5.75 Å². The lowest BCUT2D eigenvalue weighted by Gasteiger charge is -2.02. The first-order chi connectivity index (χ1) is 5.84. The van der Waals surface area contributed by atoms with Crippen molar-refractivity contribution in [3.63, 3.8) is 0 Å². The average Bonchev–Trinajstić information content (AvgIpc) is 1.98. The summed E-state index contributed by atoms with van der Waals surface area (Å²) in [4.78, 5) is -0.795. The monoisotopic (exact) mass is 244 g/mol. The van der Waals surface area contributed by atoms with E-state index >= 15 is 0 Å². The molecule has 1 rings (SSSR count). The summed E-state index contributed by atoms with van der Waals surface area (Å²) < 4.78 is 33.3. The molecule has 0 atom stereocenters. The Morgan fingerprint density at radius 1 is 1.31 bits per heavy atom. The second-order valence-corrected chi connectivity index (χ2v) is 4.25. The fourth-order valence-electron chi connectivity index (χ4n) is 0.711. The summed E-state index contributed by atoms with van der Waals surface area (Å²) in [5, 5.41) is 8.30. The molecule has 0 unspecified atom stereocenters. The molecule has 0 aromatic heterocycles. The summed E-state index contributed by atoms with van der Waals surface area (Å²) in [6.45, 7) is 0. The van der Waals surface area contributed by atoms with Crippen molar-refractivity contribution in [3.05, 3.63) is 22.2 Å². The molecule has 1 aromatic rings. The van der Waals surface area contributed by atoms with E-state index in [1.165, 1.54) is 0 Å². The van der Waals surface area contributed by atoms with Crippen molar-refractivity contribution < 1.29 is 17.4 Å². The minimum atomic E-state index is -4.92. The molecule has 0 spiro atoms. The molecule has 0 bridgehead atoms. The zero-order valence-electron chi connectivity index (χ0n) is 5.96. The van der Waals surface area contributed by atoms with Crippen molar-refractivity contribution in [2.24, 2.45) is 0 Å². The molecule has 0 aliphatic heterocycles. The molecule has 0 aliphatic rings. The first-order valence-corrected chi connectivity index (χ1v) is 5.09. The molecule has 1 aromatic carbocycles. The van der Waals surface area contributed by atoms with Gasteiger partial charge in [-0.1, -0.05) is 23.2 Å². The van der Waals surface area contributed by atoms with E-state index in [9.17, 15) is 12.3 Å². The Morgan fingerprint density at radius 3 is 2.31 bits per heavy atom. The van der Waals surface area contributed by atoms with Crippen LogP contribution in [-0.2, 0) is 10.2 Å². The highest BCUT2D eigenvalue weighted by molar-refractivity contribution is 7.86. The number of phenols is 1. The van der Waals surface area contributed by atoms with E-state index in [4.69, 9.17) is 28.3 Å². The number of rotatable bonds is 1. The molecule has 0 radical (unpaired) electrons. The molecule has 3 nitrogen and oxygen atoms in total. The van der Waals surface area contributed by atoms with Gasteiger partial charge in [-0.25, -0.2) is 0 Å². The van der Waals surface area contributed by atoms with E-state index in [1.807, 2.05) is 0 Å². The van der Waals surface area contributed by atoms with Gasteiger partial charge in [0.15, 0.2) is 5.75 Å². The molecule has 0 amide bonds. The molecule has 0 saturated carbocycles. The zero-order chi connectivity index (χ0) is 10.2. The van der Waals surface area contributed by atoms with Crippen LogP contribution in [0.15, 0.2) is 17.0 Å². The maximum absolute atomic E-state index is 12.4. The third-order valence-corrected chi connectivity index (χ3v) is 2.96. The summed E-state index contributed by atoms with van der Waals surface area (Å²) in [5.74, 6) is -0.651. The lowest BCUT2D eigenvalue weighted by atomic mass is 10.3. The summed E-state index contributed by atoms with van der Waals surface area (Å²) in [6, 6.07) is 1.91. The molecule has 0 heterocycles. The van der Waals surface area contributed by atoms with Gasteiger partial charge in [-0.05, 0) is 12.1 Å². The Labute approximate surface area is 83.9 Å². The van der Waals surface area contributed by atoms with Gasteiger partial charge in [0.05, 0.1) is 5.02 Å². The Morgan fingerprint density at radius 2 is 1.85 bits per heavy atom. The van der Waals surface area contributed by atoms with E-state index in [2.05, 4.69) is 0 Å². The number of halogens is 3. The Kier molecular flexibility index (Phi) is 2.70. The number of phenolic OH excluding ortho intramolecular Hbond substituents is 1. The van der Waals surface area contributed by atoms with E-state index in [0.29, 0.717) is 0 Å². The summed E-state index contributed by atoms with van der Waals surface area (Å²) in [7, 11) is -4.92. The van der Waals surface area contributed by atoms with Gasteiger partial charge in [0, 0.05) is 0 Å². The third-order valence-electron chi connectivity index (χ3n) is 1.29. The highest BCUT2D eigenvalue weighted by Crippen LogP contribution is 2.36. The first-order valence-electron chi connectivity index (χ1n) is 2.95.